The Morgan fingerprint density at radius 1 is 1.35 bits per heavy atom. The highest BCUT2D eigenvalue weighted by Crippen LogP contribution is 2.26. The first-order valence-electron chi connectivity index (χ1n) is 6.45. The lowest BCUT2D eigenvalue weighted by Gasteiger charge is -2.34. The van der Waals surface area contributed by atoms with Crippen molar-refractivity contribution in [1.29, 1.82) is 0 Å². The second-order valence-electron chi connectivity index (χ2n) is 4.75. The van der Waals surface area contributed by atoms with E-state index in [0.29, 0.717) is 6.04 Å². The highest BCUT2D eigenvalue weighted by molar-refractivity contribution is 9.10. The van der Waals surface area contributed by atoms with E-state index >= 15 is 0 Å². The van der Waals surface area contributed by atoms with E-state index in [2.05, 4.69) is 58.2 Å². The zero-order valence-electron chi connectivity index (χ0n) is 10.7. The van der Waals surface area contributed by atoms with E-state index in [1.54, 1.807) is 0 Å². The van der Waals surface area contributed by atoms with E-state index in [1.807, 2.05) is 0 Å². The third kappa shape index (κ3) is 3.23. The SMILES string of the molecule is CCNC1CCN(c2ccc(Br)cc2C)CC1. The molecule has 0 radical (unpaired) electrons. The van der Waals surface area contributed by atoms with Gasteiger partial charge in [-0.2, -0.15) is 0 Å². The van der Waals surface area contributed by atoms with Crippen LogP contribution in [0.5, 0.6) is 0 Å². The second-order valence-corrected chi connectivity index (χ2v) is 5.67. The van der Waals surface area contributed by atoms with Gasteiger partial charge in [0.25, 0.3) is 0 Å². The molecule has 2 rings (SSSR count). The lowest BCUT2D eigenvalue weighted by atomic mass is 10.0. The van der Waals surface area contributed by atoms with E-state index in [4.69, 9.17) is 0 Å². The molecule has 0 amide bonds. The molecule has 0 atom stereocenters. The summed E-state index contributed by atoms with van der Waals surface area (Å²) >= 11 is 3.52. The molecule has 0 saturated carbocycles. The minimum Gasteiger partial charge on any atom is -0.371 e. The molecule has 1 aliphatic heterocycles. The molecule has 1 N–H and O–H groups in total. The number of anilines is 1. The van der Waals surface area contributed by atoms with Crippen LogP contribution in [-0.4, -0.2) is 25.7 Å². The fraction of sp³-hybridized carbons (Fsp3) is 0.571. The number of benzene rings is 1. The molecule has 0 unspecified atom stereocenters. The van der Waals surface area contributed by atoms with Gasteiger partial charge < -0.3 is 10.2 Å². The maximum atomic E-state index is 3.55. The minimum absolute atomic E-state index is 0.715. The van der Waals surface area contributed by atoms with Gasteiger partial charge in [-0.3, -0.25) is 0 Å². The van der Waals surface area contributed by atoms with Crippen molar-refractivity contribution in [3.63, 3.8) is 0 Å². The largest absolute Gasteiger partial charge is 0.371 e. The molecule has 1 saturated heterocycles. The van der Waals surface area contributed by atoms with Crippen molar-refractivity contribution < 1.29 is 0 Å². The van der Waals surface area contributed by atoms with Gasteiger partial charge in [0.05, 0.1) is 0 Å². The van der Waals surface area contributed by atoms with Crippen LogP contribution in [0.15, 0.2) is 22.7 Å². The van der Waals surface area contributed by atoms with Crippen molar-refractivity contribution >= 4 is 21.6 Å². The Kier molecular flexibility index (Phi) is 4.46. The Morgan fingerprint density at radius 2 is 2.06 bits per heavy atom. The van der Waals surface area contributed by atoms with E-state index < -0.39 is 0 Å². The quantitative estimate of drug-likeness (QED) is 0.920. The van der Waals surface area contributed by atoms with Crippen molar-refractivity contribution in [3.05, 3.63) is 28.2 Å². The number of piperidine rings is 1. The molecule has 3 heteroatoms. The van der Waals surface area contributed by atoms with Gasteiger partial charge in [-0.05, 0) is 50.1 Å². The van der Waals surface area contributed by atoms with Crippen LogP contribution in [0, 0.1) is 6.92 Å². The highest BCUT2D eigenvalue weighted by atomic mass is 79.9. The molecule has 1 aliphatic rings. The van der Waals surface area contributed by atoms with E-state index in [-0.39, 0.29) is 0 Å². The number of hydrogen-bond acceptors (Lipinski definition) is 2. The minimum atomic E-state index is 0.715. The van der Waals surface area contributed by atoms with Gasteiger partial charge >= 0.3 is 0 Å². The second kappa shape index (κ2) is 5.87. The first-order chi connectivity index (χ1) is 8.20. The van der Waals surface area contributed by atoms with Crippen molar-refractivity contribution in [1.82, 2.24) is 5.32 Å². The number of rotatable bonds is 3. The summed E-state index contributed by atoms with van der Waals surface area (Å²) in [7, 11) is 0. The van der Waals surface area contributed by atoms with Gasteiger partial charge in [-0.15, -0.1) is 0 Å². The molecule has 1 heterocycles. The molecular formula is C14H21BrN2. The van der Waals surface area contributed by atoms with Gasteiger partial charge in [0, 0.05) is 29.3 Å². The summed E-state index contributed by atoms with van der Waals surface area (Å²) in [5.41, 5.74) is 2.75. The van der Waals surface area contributed by atoms with Crippen LogP contribution in [0.1, 0.15) is 25.3 Å². The Labute approximate surface area is 113 Å². The Morgan fingerprint density at radius 3 is 2.65 bits per heavy atom. The maximum Gasteiger partial charge on any atom is 0.0396 e. The fourth-order valence-corrected chi connectivity index (χ4v) is 3.06. The summed E-state index contributed by atoms with van der Waals surface area (Å²) in [5.74, 6) is 0. The van der Waals surface area contributed by atoms with Crippen LogP contribution in [0.3, 0.4) is 0 Å². The lowest BCUT2D eigenvalue weighted by Crippen LogP contribution is -2.42. The van der Waals surface area contributed by atoms with Crippen LogP contribution < -0.4 is 10.2 Å². The zero-order chi connectivity index (χ0) is 12.3. The van der Waals surface area contributed by atoms with Gasteiger partial charge in [0.1, 0.15) is 0 Å². The lowest BCUT2D eigenvalue weighted by molar-refractivity contribution is 0.423. The molecule has 2 nitrogen and oxygen atoms in total. The fourth-order valence-electron chi connectivity index (χ4n) is 2.59. The Hall–Kier alpha value is -0.540. The summed E-state index contributed by atoms with van der Waals surface area (Å²) < 4.78 is 1.17. The first kappa shape index (κ1) is 12.9. The van der Waals surface area contributed by atoms with Crippen LogP contribution in [0.2, 0.25) is 0 Å². The summed E-state index contributed by atoms with van der Waals surface area (Å²) in [6, 6.07) is 7.28. The molecule has 0 bridgehead atoms. The molecule has 1 aromatic rings. The smallest absolute Gasteiger partial charge is 0.0396 e. The van der Waals surface area contributed by atoms with E-state index in [0.717, 1.165) is 6.54 Å². The maximum absolute atomic E-state index is 3.55. The first-order valence-corrected chi connectivity index (χ1v) is 7.24. The molecule has 0 spiro atoms. The monoisotopic (exact) mass is 296 g/mol. The van der Waals surface area contributed by atoms with E-state index in [1.165, 1.54) is 41.7 Å². The van der Waals surface area contributed by atoms with Gasteiger partial charge in [-0.1, -0.05) is 22.9 Å². The Bertz CT molecular complexity index is 370. The molecule has 1 fully saturated rings. The van der Waals surface area contributed by atoms with E-state index in [9.17, 15) is 0 Å². The average Bonchev–Trinajstić information content (AvgIpc) is 2.31. The predicted octanol–water partition coefficient (Wildman–Crippen LogP) is 3.34. The molecule has 0 aromatic heterocycles. The van der Waals surface area contributed by atoms with Crippen molar-refractivity contribution in [2.45, 2.75) is 32.7 Å². The number of aryl methyl sites for hydroxylation is 1. The van der Waals surface area contributed by atoms with Crippen molar-refractivity contribution in [2.24, 2.45) is 0 Å². The standard InChI is InChI=1S/C14H21BrN2/c1-3-16-13-6-8-17(9-7-13)14-5-4-12(15)10-11(14)2/h4-5,10,13,16H,3,6-9H2,1-2H3. The third-order valence-electron chi connectivity index (χ3n) is 3.49. The van der Waals surface area contributed by atoms with Crippen LogP contribution in [0.4, 0.5) is 5.69 Å². The summed E-state index contributed by atoms with van der Waals surface area (Å²) in [6.45, 7) is 7.80. The predicted molar refractivity (Wildman–Crippen MR) is 77.8 cm³/mol. The van der Waals surface area contributed by atoms with Gasteiger partial charge in [-0.25, -0.2) is 0 Å². The number of nitrogens with zero attached hydrogens (tertiary/aromatic N) is 1. The molecular weight excluding hydrogens is 276 g/mol. The molecule has 17 heavy (non-hydrogen) atoms. The van der Waals surface area contributed by atoms with Crippen molar-refractivity contribution in [3.8, 4) is 0 Å². The normalized spacial score (nSPS) is 17.5. The van der Waals surface area contributed by atoms with Crippen LogP contribution in [-0.2, 0) is 0 Å². The van der Waals surface area contributed by atoms with Crippen molar-refractivity contribution in [2.75, 3.05) is 24.5 Å². The molecule has 0 aliphatic carbocycles. The van der Waals surface area contributed by atoms with Gasteiger partial charge in [0.2, 0.25) is 0 Å². The Balaban J connectivity index is 2.00. The summed E-state index contributed by atoms with van der Waals surface area (Å²) in [4.78, 5) is 2.51. The highest BCUT2D eigenvalue weighted by Gasteiger charge is 2.19. The zero-order valence-corrected chi connectivity index (χ0v) is 12.3. The third-order valence-corrected chi connectivity index (χ3v) is 3.98. The number of hydrogen-bond donors (Lipinski definition) is 1. The topological polar surface area (TPSA) is 15.3 Å². The van der Waals surface area contributed by atoms with Gasteiger partial charge in [0.15, 0.2) is 0 Å². The molecule has 94 valence electrons. The molecule has 1 aromatic carbocycles. The number of halogens is 1. The average molecular weight is 297 g/mol. The van der Waals surface area contributed by atoms with Crippen LogP contribution >= 0.6 is 15.9 Å². The summed E-state index contributed by atoms with van der Waals surface area (Å²) in [6.07, 6.45) is 2.51. The van der Waals surface area contributed by atoms with Crippen LogP contribution in [0.25, 0.3) is 0 Å². The number of nitrogens with one attached hydrogen (secondary N) is 1. The summed E-state index contributed by atoms with van der Waals surface area (Å²) in [5, 5.41) is 3.55.